The van der Waals surface area contributed by atoms with Gasteiger partial charge in [0.25, 0.3) is 0 Å². The van der Waals surface area contributed by atoms with Crippen LogP contribution in [0.4, 0.5) is 0 Å². The van der Waals surface area contributed by atoms with Crippen LogP contribution in [0.2, 0.25) is 5.02 Å². The number of nitrogens with zero attached hydrogens (tertiary/aromatic N) is 2. The summed E-state index contributed by atoms with van der Waals surface area (Å²) in [7, 11) is 2.86. The van der Waals surface area contributed by atoms with Crippen molar-refractivity contribution in [3.05, 3.63) is 93.1 Å². The van der Waals surface area contributed by atoms with E-state index in [2.05, 4.69) is 12.0 Å². The third kappa shape index (κ3) is 6.97. The van der Waals surface area contributed by atoms with Crippen LogP contribution in [0.1, 0.15) is 52.4 Å². The molecule has 0 saturated heterocycles. The molecule has 0 bridgehead atoms. The van der Waals surface area contributed by atoms with Crippen LogP contribution in [-0.4, -0.2) is 47.8 Å². The number of carboxylic acids is 1. The summed E-state index contributed by atoms with van der Waals surface area (Å²) in [6, 6.07) is 14.1. The second-order valence-electron chi connectivity index (χ2n) is 10.7. The quantitative estimate of drug-likeness (QED) is 0.120. The van der Waals surface area contributed by atoms with E-state index >= 15 is 0 Å². The van der Waals surface area contributed by atoms with Gasteiger partial charge < -0.3 is 28.8 Å². The highest BCUT2D eigenvalue weighted by molar-refractivity contribution is 6.31. The first kappa shape index (κ1) is 32.4. The molecule has 0 spiro atoms. The van der Waals surface area contributed by atoms with Crippen LogP contribution < -0.4 is 18.9 Å². The van der Waals surface area contributed by atoms with E-state index < -0.39 is 11.9 Å². The van der Waals surface area contributed by atoms with Gasteiger partial charge in [0, 0.05) is 51.9 Å². The Hall–Kier alpha value is -4.96. The predicted molar refractivity (Wildman–Crippen MR) is 173 cm³/mol. The number of aliphatic carboxylic acids is 1. The van der Waals surface area contributed by atoms with Crippen LogP contribution in [-0.2, 0) is 29.1 Å². The van der Waals surface area contributed by atoms with Gasteiger partial charge in [-0.25, -0.2) is 9.59 Å². The smallest absolute Gasteiger partial charge is 0.338 e. The largest absolute Gasteiger partial charge is 0.496 e. The van der Waals surface area contributed by atoms with Crippen molar-refractivity contribution in [1.82, 2.24) is 9.78 Å². The number of benzene rings is 3. The zero-order chi connectivity index (χ0) is 32.8. The molecular weight excluding hydrogens is 612 g/mol. The van der Waals surface area contributed by atoms with Crippen molar-refractivity contribution in [3.8, 4) is 34.3 Å². The number of ether oxygens (including phenoxy) is 5. The molecule has 1 N–H and O–H groups in total. The first-order valence-electron chi connectivity index (χ1n) is 14.8. The summed E-state index contributed by atoms with van der Waals surface area (Å²) in [6.45, 7) is 4.72. The fraction of sp³-hybridized carbons (Fsp3) is 0.286. The van der Waals surface area contributed by atoms with Crippen molar-refractivity contribution < 1.29 is 38.4 Å². The molecule has 3 aromatic carbocycles. The molecule has 2 heterocycles. The van der Waals surface area contributed by atoms with Gasteiger partial charge in [0.1, 0.15) is 18.1 Å². The number of carbonyl (C=O) groups is 2. The summed E-state index contributed by atoms with van der Waals surface area (Å²) in [5, 5.41) is 15.5. The number of methoxy groups -OCH3 is 2. The Kier molecular flexibility index (Phi) is 10.2. The van der Waals surface area contributed by atoms with Gasteiger partial charge in [-0.3, -0.25) is 4.68 Å². The lowest BCUT2D eigenvalue weighted by atomic mass is 9.99. The summed E-state index contributed by atoms with van der Waals surface area (Å²) >= 11 is 6.67. The normalized spacial score (nSPS) is 12.2. The van der Waals surface area contributed by atoms with Crippen molar-refractivity contribution in [2.75, 3.05) is 21.0 Å². The Bertz CT molecular complexity index is 1800. The van der Waals surface area contributed by atoms with Crippen LogP contribution in [0.25, 0.3) is 17.3 Å². The maximum Gasteiger partial charge on any atom is 0.338 e. The molecule has 0 fully saturated rings. The second-order valence-corrected chi connectivity index (χ2v) is 11.1. The van der Waals surface area contributed by atoms with Crippen molar-refractivity contribution >= 4 is 29.6 Å². The zero-order valence-corrected chi connectivity index (χ0v) is 26.8. The molecule has 1 aliphatic rings. The van der Waals surface area contributed by atoms with Crippen molar-refractivity contribution in [2.45, 2.75) is 46.3 Å². The first-order chi connectivity index (χ1) is 22.2. The van der Waals surface area contributed by atoms with Gasteiger partial charge in [0.05, 0.1) is 31.7 Å². The Labute approximate surface area is 272 Å². The Morgan fingerprint density at radius 3 is 2.54 bits per heavy atom. The molecule has 0 aliphatic carbocycles. The van der Waals surface area contributed by atoms with Crippen molar-refractivity contribution in [1.29, 1.82) is 0 Å². The maximum absolute atomic E-state index is 12.6. The number of fused-ring (bicyclic) bond motifs is 1. The Morgan fingerprint density at radius 2 is 1.83 bits per heavy atom. The molecule has 10 nitrogen and oxygen atoms in total. The van der Waals surface area contributed by atoms with Gasteiger partial charge in [-0.1, -0.05) is 43.1 Å². The average Bonchev–Trinajstić information content (AvgIpc) is 3.69. The highest BCUT2D eigenvalue weighted by atomic mass is 35.5. The third-order valence-electron chi connectivity index (χ3n) is 7.67. The van der Waals surface area contributed by atoms with E-state index in [-0.39, 0.29) is 25.4 Å². The molecule has 0 radical (unpaired) electrons. The molecule has 240 valence electrons. The number of carbonyl (C=O) groups excluding carboxylic acids is 1. The molecule has 11 heteroatoms. The molecule has 5 rings (SSSR count). The molecule has 4 aromatic rings. The minimum absolute atomic E-state index is 0.0526. The number of unbranched alkanes of at least 4 members (excludes halogenated alkanes) is 1. The summed E-state index contributed by atoms with van der Waals surface area (Å²) in [5.74, 6) is 0.506. The summed E-state index contributed by atoms with van der Waals surface area (Å²) in [6.07, 6.45) is 5.09. The lowest BCUT2D eigenvalue weighted by Crippen LogP contribution is -2.09. The molecule has 0 saturated carbocycles. The molecule has 1 aliphatic heterocycles. The monoisotopic (exact) mass is 646 g/mol. The van der Waals surface area contributed by atoms with Gasteiger partial charge in [0.15, 0.2) is 11.5 Å². The number of carboxylic acid groups (broad SMARTS) is 1. The van der Waals surface area contributed by atoms with Gasteiger partial charge in [-0.2, -0.15) is 5.10 Å². The van der Waals surface area contributed by atoms with E-state index in [1.807, 2.05) is 23.7 Å². The van der Waals surface area contributed by atoms with Gasteiger partial charge >= 0.3 is 11.9 Å². The fourth-order valence-corrected chi connectivity index (χ4v) is 5.39. The average molecular weight is 647 g/mol. The molecule has 0 amide bonds. The van der Waals surface area contributed by atoms with E-state index in [0.29, 0.717) is 68.1 Å². The van der Waals surface area contributed by atoms with E-state index in [1.54, 1.807) is 48.7 Å². The third-order valence-corrected chi connectivity index (χ3v) is 8.08. The van der Waals surface area contributed by atoms with E-state index in [1.165, 1.54) is 14.2 Å². The summed E-state index contributed by atoms with van der Waals surface area (Å²) in [5.41, 5.74) is 4.46. The standard InChI is InChI=1S/C35H35ClN2O8/c1-5-6-11-38-33(27-16-28(36)21(2)12-30(27)44-19-22-9-7-8-10-26(22)35(41)43-4)25(18-37-38)14-24(34(39)40)13-23-15-31-32(46-20-45-31)17-29(23)42-3/h7-10,12,14-18H,5-6,11,13,19-20H2,1-4H3,(H,39,40)/b24-14-. The molecule has 46 heavy (non-hydrogen) atoms. The van der Waals surface area contributed by atoms with E-state index in [4.69, 9.17) is 35.3 Å². The highest BCUT2D eigenvalue weighted by Crippen LogP contribution is 2.41. The van der Waals surface area contributed by atoms with Crippen LogP contribution in [0.15, 0.2) is 60.3 Å². The van der Waals surface area contributed by atoms with E-state index in [9.17, 15) is 14.7 Å². The lowest BCUT2D eigenvalue weighted by molar-refractivity contribution is -0.132. The summed E-state index contributed by atoms with van der Waals surface area (Å²) < 4.78 is 29.7. The highest BCUT2D eigenvalue weighted by Gasteiger charge is 2.23. The number of aromatic nitrogens is 2. The van der Waals surface area contributed by atoms with Gasteiger partial charge in [-0.15, -0.1) is 0 Å². The Morgan fingerprint density at radius 1 is 1.07 bits per heavy atom. The maximum atomic E-state index is 12.6. The van der Waals surface area contributed by atoms with Crippen LogP contribution in [0.3, 0.4) is 0 Å². The SMILES string of the molecule is CCCCn1ncc(/C=C(/Cc2cc3c(cc2OC)OCO3)C(=O)O)c1-c1cc(Cl)c(C)cc1OCc1ccccc1C(=O)OC. The van der Waals surface area contributed by atoms with Crippen LogP contribution in [0.5, 0.6) is 23.0 Å². The molecular formula is C35H35ClN2O8. The van der Waals surface area contributed by atoms with Crippen molar-refractivity contribution in [3.63, 3.8) is 0 Å². The first-order valence-corrected chi connectivity index (χ1v) is 15.2. The number of aryl methyl sites for hydroxylation is 2. The van der Waals surface area contributed by atoms with Gasteiger partial charge in [0.2, 0.25) is 6.79 Å². The van der Waals surface area contributed by atoms with Crippen LogP contribution in [0, 0.1) is 6.92 Å². The number of rotatable bonds is 13. The number of halogens is 1. The van der Waals surface area contributed by atoms with E-state index in [0.717, 1.165) is 18.4 Å². The van der Waals surface area contributed by atoms with Crippen molar-refractivity contribution in [2.24, 2.45) is 0 Å². The number of hydrogen-bond donors (Lipinski definition) is 1. The topological polar surface area (TPSA) is 118 Å². The molecule has 1 aromatic heterocycles. The lowest BCUT2D eigenvalue weighted by Gasteiger charge is -2.17. The summed E-state index contributed by atoms with van der Waals surface area (Å²) in [4.78, 5) is 25.0. The fourth-order valence-electron chi connectivity index (χ4n) is 5.22. The zero-order valence-electron chi connectivity index (χ0n) is 26.1. The molecule has 0 atom stereocenters. The Balaban J connectivity index is 1.59. The number of hydrogen-bond acceptors (Lipinski definition) is 8. The predicted octanol–water partition coefficient (Wildman–Crippen LogP) is 7.13. The number of esters is 1. The van der Waals surface area contributed by atoms with Gasteiger partial charge in [-0.05, 0) is 49.2 Å². The van der Waals surface area contributed by atoms with Crippen LogP contribution >= 0.6 is 11.6 Å². The minimum Gasteiger partial charge on any atom is -0.496 e. The second kappa shape index (κ2) is 14.4. The minimum atomic E-state index is -1.09. The molecule has 0 unspecified atom stereocenters.